The number of hydrogen-bond acceptors (Lipinski definition) is 23. The predicted octanol–water partition coefficient (Wildman–Crippen LogP) is -0.157. The van der Waals surface area contributed by atoms with Crippen molar-refractivity contribution in [3.05, 3.63) is 167 Å². The molecule has 2 aliphatic heterocycles. The second-order valence-corrected chi connectivity index (χ2v) is 34.5. The van der Waals surface area contributed by atoms with Gasteiger partial charge in [-0.3, -0.25) is 81.5 Å². The van der Waals surface area contributed by atoms with E-state index in [2.05, 4.69) is 52.8 Å². The number of likely N-dealkylation sites (N-methyl/N-ethyl adjacent to an activating group) is 3. The van der Waals surface area contributed by atoms with Gasteiger partial charge in [-0.15, -0.1) is 11.8 Å². The molecule has 13 atom stereocenters. The van der Waals surface area contributed by atoms with Crippen LogP contribution in [0.3, 0.4) is 0 Å². The lowest BCUT2D eigenvalue weighted by molar-refractivity contribution is -0.153. The van der Waals surface area contributed by atoms with Gasteiger partial charge in [0.2, 0.25) is 88.6 Å². The molecular formula is C92H118F3N17O23S. The van der Waals surface area contributed by atoms with E-state index in [-0.39, 0.29) is 81.0 Å². The molecule has 8 rings (SSSR count). The third-order valence-corrected chi connectivity index (χ3v) is 24.2. The number of carbonyl (C=O) groups is 17. The molecule has 136 heavy (non-hydrogen) atoms. The van der Waals surface area contributed by atoms with Crippen LogP contribution in [0.5, 0.6) is 11.5 Å². The molecule has 2 aliphatic rings. The number of H-pyrrole nitrogens is 1. The van der Waals surface area contributed by atoms with E-state index in [1.54, 1.807) is 67.7 Å². The van der Waals surface area contributed by atoms with Gasteiger partial charge in [-0.05, 0) is 109 Å². The number of aromatic amines is 1. The Morgan fingerprint density at radius 1 is 0.574 bits per heavy atom. The quantitative estimate of drug-likeness (QED) is 0.0298. The first-order valence-corrected chi connectivity index (χ1v) is 45.2. The van der Waals surface area contributed by atoms with E-state index in [9.17, 15) is 63.2 Å². The van der Waals surface area contributed by atoms with Gasteiger partial charge in [-0.25, -0.2) is 13.2 Å². The van der Waals surface area contributed by atoms with Crippen molar-refractivity contribution in [3.63, 3.8) is 0 Å². The molecule has 6 aromatic rings. The number of benzene rings is 5. The number of unbranched alkanes of at least 4 members (excludes halogenated alkanes) is 1. The number of aromatic nitrogens is 1. The number of morpholine rings is 1. The number of thioether (sulfide) groups is 1. The molecule has 3 heterocycles. The number of phenols is 2. The fourth-order valence-corrected chi connectivity index (χ4v) is 16.4. The number of carboxylic acids is 2. The molecule has 0 unspecified atom stereocenters. The number of aliphatic carboxylic acids is 2. The van der Waals surface area contributed by atoms with Gasteiger partial charge in [-0.2, -0.15) is 0 Å². The Balaban J connectivity index is 1.26. The smallest absolute Gasteiger partial charge is 0.305 e. The van der Waals surface area contributed by atoms with Crippen molar-refractivity contribution in [1.29, 1.82) is 0 Å². The molecule has 0 spiro atoms. The largest absolute Gasteiger partial charge is 0.508 e. The molecule has 0 aliphatic carbocycles. The van der Waals surface area contributed by atoms with E-state index in [1.807, 2.05) is 0 Å². The monoisotopic (exact) mass is 1920 g/mol. The number of carboxylic acid groups (broad SMARTS) is 2. The number of fused-ring (bicyclic) bond motifs is 2. The van der Waals surface area contributed by atoms with Gasteiger partial charge in [0.05, 0.1) is 38.5 Å². The van der Waals surface area contributed by atoms with E-state index in [0.717, 1.165) is 31.5 Å². The highest BCUT2D eigenvalue weighted by Crippen LogP contribution is 2.27. The minimum absolute atomic E-state index is 0.159. The Labute approximate surface area is 786 Å². The number of aromatic hydroxyl groups is 2. The first-order chi connectivity index (χ1) is 64.6. The lowest BCUT2D eigenvalue weighted by atomic mass is 9.98. The van der Waals surface area contributed by atoms with Crippen LogP contribution in [-0.4, -0.2) is 315 Å². The fraction of sp³-hybridized carbons (Fsp3) is 0.467. The Morgan fingerprint density at radius 2 is 1.12 bits per heavy atom. The third kappa shape index (κ3) is 30.6. The third-order valence-electron chi connectivity index (χ3n) is 23.2. The van der Waals surface area contributed by atoms with Crippen LogP contribution in [0, 0.1) is 23.4 Å². The topological polar surface area (TPSA) is 582 Å². The standard InChI is InChI=1S/C92H118F3N17O23S/c1-9-10-20-70-91(132)111(33-35-134-8)51(4)80(121)103-67(44-77(119)120)85(126)107-79(50(2)3)92(133)109(6)71(41-52-16-12-11-13-17-52)86(127)102-64(31-32-96)89(130)112-34-36-135-47-73(112)87(128)105-66(43-56-45-98-62-19-15-14-18-59(56)62)84(125)104-65(39-53-21-25-57(113)26-22-53)83(124)101-63(29-30-76(117)118)82(123)106-69(81(122)99-46-74(97)115)48-136-49-75(116)100-68(40-55-37-60(93)78(95)61(94)38-55)88(129)110(7)72(90(131)108(70)5)42-54-23-27-58(114)28-24-54/h11-19,21-28,37-38,45,50-51,63-73,79,98,113-114H,9-10,20,29-36,39-44,46-49,96H2,1-8H3,(H2,97,115)(H,99,122)(H,100,116)(H,101,124)(H,102,127)(H,103,121)(H,104,125)(H,105,128)(H,106,123)(H,107,126)(H,117,118)(H,119,120)/t51-,63+,64+,65+,66+,67+,68+,69+,70+,71+,72+,73-,79+/m1/s1. The van der Waals surface area contributed by atoms with Crippen LogP contribution in [0.2, 0.25) is 0 Å². The van der Waals surface area contributed by atoms with Crippen molar-refractivity contribution in [2.75, 3.05) is 85.8 Å². The number of halogens is 3. The maximum atomic E-state index is 15.8. The Bertz CT molecular complexity index is 5230. The van der Waals surface area contributed by atoms with Gasteiger partial charge in [0.15, 0.2) is 17.5 Å². The summed E-state index contributed by atoms with van der Waals surface area (Å²) in [6, 6.07) is 3.94. The Kier molecular flexibility index (Phi) is 40.9. The number of hydrogen-bond donors (Lipinski definition) is 16. The summed E-state index contributed by atoms with van der Waals surface area (Å²) >= 11 is 0.557. The van der Waals surface area contributed by atoms with Crippen molar-refractivity contribution >= 4 is 123 Å². The van der Waals surface area contributed by atoms with E-state index >= 15 is 51.9 Å². The van der Waals surface area contributed by atoms with Crippen LogP contribution < -0.4 is 59.3 Å². The number of carbonyl (C=O) groups excluding carboxylic acids is 15. The molecule has 0 bridgehead atoms. The number of nitrogens with zero attached hydrogens (tertiary/aromatic N) is 5. The summed E-state index contributed by atoms with van der Waals surface area (Å²) < 4.78 is 56.4. The van der Waals surface area contributed by atoms with Crippen molar-refractivity contribution in [2.45, 2.75) is 183 Å². The minimum Gasteiger partial charge on any atom is -0.508 e. The summed E-state index contributed by atoms with van der Waals surface area (Å²) in [6.45, 7) is 3.17. The van der Waals surface area contributed by atoms with Crippen LogP contribution in [0.4, 0.5) is 13.2 Å². The molecule has 5 aromatic carbocycles. The van der Waals surface area contributed by atoms with Gasteiger partial charge >= 0.3 is 11.9 Å². The zero-order valence-corrected chi connectivity index (χ0v) is 77.3. The average molecular weight is 1920 g/mol. The van der Waals surface area contributed by atoms with Crippen LogP contribution >= 0.6 is 11.8 Å². The number of nitrogens with one attached hydrogen (secondary N) is 10. The molecule has 0 radical (unpaired) electrons. The molecule has 1 aromatic heterocycles. The van der Waals surface area contributed by atoms with Gasteiger partial charge in [0, 0.05) is 103 Å². The summed E-state index contributed by atoms with van der Waals surface area (Å²) in [5.74, 6) is -27.6. The van der Waals surface area contributed by atoms with E-state index in [4.69, 9.17) is 20.9 Å². The SMILES string of the molecule is CCCC[C@H]1C(=O)N(CCOC)[C@H](C)C(=O)N[C@@H](CC(=O)O)C(=O)N[C@@H](C(C)C)C(=O)N(C)[C@@H](Cc2ccccc2)C(=O)N[C@@H](CCN)C(=O)N2CCOC[C@@H]2C(=O)N[C@@H](Cc2c[nH]c3ccccc23)C(=O)N[C@@H](Cc2ccc(O)cc2)C(=O)N[C@@H](CCC(=O)O)C(=O)N[C@H](C(=O)NCC(N)=O)CSCC(=O)N[C@@H](Cc2cc(F)c(F)c(F)c2)C(=O)N(C)[C@@H](Cc2ccc(O)cc2)C(=O)N1C. The minimum atomic E-state index is -2.03. The summed E-state index contributed by atoms with van der Waals surface area (Å²) in [7, 11) is 4.81. The average Bonchev–Trinajstić information content (AvgIpc) is 1.28. The summed E-state index contributed by atoms with van der Waals surface area (Å²) in [5, 5.41) is 64.5. The first-order valence-electron chi connectivity index (χ1n) is 44.1. The van der Waals surface area contributed by atoms with Crippen LogP contribution in [0.15, 0.2) is 121 Å². The highest BCUT2D eigenvalue weighted by Gasteiger charge is 2.45. The predicted molar refractivity (Wildman–Crippen MR) is 487 cm³/mol. The molecule has 44 heteroatoms. The molecule has 15 amide bonds. The van der Waals surface area contributed by atoms with Crippen LogP contribution in [-0.2, 0) is 123 Å². The number of para-hydroxylation sites is 1. The molecule has 40 nitrogen and oxygen atoms in total. The van der Waals surface area contributed by atoms with Crippen molar-refractivity contribution < 1.29 is 125 Å². The summed E-state index contributed by atoms with van der Waals surface area (Å²) in [6.07, 6.45) is -3.48. The molecule has 736 valence electrons. The van der Waals surface area contributed by atoms with Gasteiger partial charge in [-0.1, -0.05) is 106 Å². The number of rotatable bonds is 27. The zero-order chi connectivity index (χ0) is 99.9. The molecule has 18 N–H and O–H groups in total. The number of nitrogens with two attached hydrogens (primary N) is 2. The molecule has 2 saturated heterocycles. The molecular weight excluding hydrogens is 1800 g/mol. The van der Waals surface area contributed by atoms with Gasteiger partial charge in [0.1, 0.15) is 90.0 Å². The van der Waals surface area contributed by atoms with E-state index < -0.39 is 278 Å². The van der Waals surface area contributed by atoms with Gasteiger partial charge in [0.25, 0.3) is 0 Å². The first kappa shape index (κ1) is 108. The molecule has 2 fully saturated rings. The number of amides is 15. The zero-order valence-electron chi connectivity index (χ0n) is 76.5. The number of ether oxygens (including phenoxy) is 2. The highest BCUT2D eigenvalue weighted by molar-refractivity contribution is 8.00. The second-order valence-electron chi connectivity index (χ2n) is 33.5. The maximum absolute atomic E-state index is 15.8. The summed E-state index contributed by atoms with van der Waals surface area (Å²) in [5.41, 5.74) is 13.2. The summed E-state index contributed by atoms with van der Waals surface area (Å²) in [4.78, 5) is 258. The number of methoxy groups -OCH3 is 1. The van der Waals surface area contributed by atoms with Crippen molar-refractivity contribution in [1.82, 2.24) is 77.3 Å². The van der Waals surface area contributed by atoms with E-state index in [0.29, 0.717) is 52.3 Å². The Hall–Kier alpha value is -13.8. The van der Waals surface area contributed by atoms with Crippen molar-refractivity contribution in [2.24, 2.45) is 17.4 Å². The molecule has 0 saturated carbocycles. The lowest BCUT2D eigenvalue weighted by Gasteiger charge is -2.39. The fourth-order valence-electron chi connectivity index (χ4n) is 15.5. The lowest BCUT2D eigenvalue weighted by Crippen LogP contribution is -2.64. The van der Waals surface area contributed by atoms with E-state index in [1.165, 1.54) is 90.5 Å². The normalized spacial score (nSPS) is 23.0. The maximum Gasteiger partial charge on any atom is 0.305 e. The van der Waals surface area contributed by atoms with Crippen LogP contribution in [0.1, 0.15) is 100 Å². The van der Waals surface area contributed by atoms with Crippen LogP contribution in [0.25, 0.3) is 10.9 Å². The highest BCUT2D eigenvalue weighted by atomic mass is 32.2. The van der Waals surface area contributed by atoms with Crippen molar-refractivity contribution in [3.8, 4) is 11.5 Å². The number of phenolic OH excluding ortho intramolecular Hbond substituents is 2. The van der Waals surface area contributed by atoms with Gasteiger partial charge < -0.3 is 119 Å². The second kappa shape index (κ2) is 51.6. The Morgan fingerprint density at radius 3 is 1.74 bits per heavy atom. The number of primary amides is 1.